The van der Waals surface area contributed by atoms with E-state index in [0.29, 0.717) is 0 Å². The van der Waals surface area contributed by atoms with Crippen LogP contribution >= 0.6 is 22.4 Å². The molecule has 0 saturated carbocycles. The van der Waals surface area contributed by atoms with E-state index in [2.05, 4.69) is 35.4 Å². The summed E-state index contributed by atoms with van der Waals surface area (Å²) in [6, 6.07) is 0. The minimum atomic E-state index is -5.53. The van der Waals surface area contributed by atoms with Gasteiger partial charge in [-0.25, -0.2) is 18.4 Å². The van der Waals surface area contributed by atoms with Crippen LogP contribution in [0.1, 0.15) is 6.23 Å². The second-order valence-corrected chi connectivity index (χ2v) is 11.9. The Morgan fingerprint density at radius 3 is 2.47 bits per heavy atom. The summed E-state index contributed by atoms with van der Waals surface area (Å²) in [5.41, 5.74) is 5.37. The zero-order valence-corrected chi connectivity index (χ0v) is 18.7. The number of phosphoric acid groups is 2. The second-order valence-electron chi connectivity index (χ2n) is 6.13. The summed E-state index contributed by atoms with van der Waals surface area (Å²) in [6.45, 7) is -5.48. The first-order valence-corrected chi connectivity index (χ1v) is 13.7. The standard InChI is InChI=1S/C10H15FN5O12P3S/c11-10-14-7(12)4-8(15-10)16(2-13-4)9-6(18)5(17)3(26-9)1-25-31(24,32)28-30(22,23)27-29(19,20)21/h2-3,5-6,9,17-18H,1H2,(H,22,23)(H,24,32)(H2,12,14,15)(H2,19,20,21). The number of nitrogens with zero attached hydrogens (tertiary/aromatic N) is 4. The molecule has 2 aromatic heterocycles. The topological polar surface area (TPSA) is 262 Å². The summed E-state index contributed by atoms with van der Waals surface area (Å²) in [5, 5.41) is 20.5. The fraction of sp³-hybridized carbons (Fsp3) is 0.500. The van der Waals surface area contributed by atoms with Gasteiger partial charge in [-0.1, -0.05) is 0 Å². The quantitative estimate of drug-likeness (QED) is 0.150. The summed E-state index contributed by atoms with van der Waals surface area (Å²) < 4.78 is 54.4. The zero-order chi connectivity index (χ0) is 24.1. The highest BCUT2D eigenvalue weighted by Gasteiger charge is 2.46. The Labute approximate surface area is 181 Å². The Morgan fingerprint density at radius 2 is 1.84 bits per heavy atom. The molecule has 2 aromatic rings. The maximum atomic E-state index is 13.5. The minimum Gasteiger partial charge on any atom is -0.387 e. The van der Waals surface area contributed by atoms with E-state index in [1.165, 1.54) is 0 Å². The third kappa shape index (κ3) is 5.91. The van der Waals surface area contributed by atoms with E-state index in [4.69, 9.17) is 24.8 Å². The van der Waals surface area contributed by atoms with Gasteiger partial charge < -0.3 is 44.8 Å². The van der Waals surface area contributed by atoms with Crippen molar-refractivity contribution in [1.82, 2.24) is 19.5 Å². The molecule has 6 atom stereocenters. The Balaban J connectivity index is 1.72. The molecule has 0 radical (unpaired) electrons. The number of imidazole rings is 1. The maximum absolute atomic E-state index is 13.5. The number of nitrogen functional groups attached to an aromatic ring is 1. The molecule has 22 heteroatoms. The molecule has 6 unspecified atom stereocenters. The highest BCUT2D eigenvalue weighted by Crippen LogP contribution is 2.66. The largest absolute Gasteiger partial charge is 0.488 e. The molecule has 32 heavy (non-hydrogen) atoms. The van der Waals surface area contributed by atoms with E-state index in [9.17, 15) is 33.5 Å². The van der Waals surface area contributed by atoms with Crippen LogP contribution in [-0.4, -0.2) is 74.2 Å². The molecule has 3 rings (SSSR count). The molecular formula is C10H15FN5O12P3S. The molecule has 17 nitrogen and oxygen atoms in total. The lowest BCUT2D eigenvalue weighted by Crippen LogP contribution is -2.33. The Hall–Kier alpha value is -1.01. The number of aliphatic hydroxyl groups is 2. The van der Waals surface area contributed by atoms with Gasteiger partial charge >= 0.3 is 28.4 Å². The summed E-state index contributed by atoms with van der Waals surface area (Å²) in [7, 11) is -11.0. The lowest BCUT2D eigenvalue weighted by molar-refractivity contribution is -0.0486. The smallest absolute Gasteiger partial charge is 0.387 e. The normalized spacial score (nSPS) is 28.0. The maximum Gasteiger partial charge on any atom is 0.488 e. The van der Waals surface area contributed by atoms with Crippen molar-refractivity contribution in [3.8, 4) is 0 Å². The van der Waals surface area contributed by atoms with E-state index < -0.39 is 59.6 Å². The molecule has 8 N–H and O–H groups in total. The van der Waals surface area contributed by atoms with Gasteiger partial charge in [-0.3, -0.25) is 4.57 Å². The number of ether oxygens (including phenoxy) is 1. The second kappa shape index (κ2) is 8.98. The highest BCUT2D eigenvalue weighted by molar-refractivity contribution is 8.08. The third-order valence-corrected chi connectivity index (χ3v) is 8.57. The van der Waals surface area contributed by atoms with Crippen molar-refractivity contribution in [3.63, 3.8) is 0 Å². The van der Waals surface area contributed by atoms with E-state index in [1.54, 1.807) is 0 Å². The molecule has 1 fully saturated rings. The Kier molecular flexibility index (Phi) is 7.18. The molecule has 1 aliphatic rings. The summed E-state index contributed by atoms with van der Waals surface area (Å²) >= 11 is 4.45. The van der Waals surface area contributed by atoms with Crippen LogP contribution in [0.4, 0.5) is 10.2 Å². The molecule has 0 amide bonds. The fourth-order valence-corrected chi connectivity index (χ4v) is 6.64. The van der Waals surface area contributed by atoms with Crippen molar-refractivity contribution in [2.24, 2.45) is 0 Å². The molecular weight excluding hydrogens is 526 g/mol. The third-order valence-electron chi connectivity index (χ3n) is 3.85. The number of aliphatic hydroxyl groups excluding tert-OH is 2. The molecule has 0 spiro atoms. The number of hydrogen-bond acceptors (Lipinski definition) is 13. The molecule has 0 aromatic carbocycles. The van der Waals surface area contributed by atoms with Crippen molar-refractivity contribution >= 4 is 51.2 Å². The van der Waals surface area contributed by atoms with Crippen LogP contribution in [0.15, 0.2) is 6.33 Å². The number of aromatic nitrogens is 4. The first kappa shape index (κ1) is 25.6. The number of fused-ring (bicyclic) bond motifs is 1. The van der Waals surface area contributed by atoms with E-state index in [-0.39, 0.29) is 17.0 Å². The number of rotatable bonds is 8. The predicted octanol–water partition coefficient (Wildman–Crippen LogP) is -1.37. The average Bonchev–Trinajstić information content (AvgIpc) is 3.12. The monoisotopic (exact) mass is 541 g/mol. The lowest BCUT2D eigenvalue weighted by atomic mass is 10.1. The van der Waals surface area contributed by atoms with Gasteiger partial charge in [-0.2, -0.15) is 18.7 Å². The van der Waals surface area contributed by atoms with Crippen molar-refractivity contribution in [3.05, 3.63) is 12.4 Å². The van der Waals surface area contributed by atoms with Crippen molar-refractivity contribution in [2.75, 3.05) is 12.3 Å². The number of halogens is 1. The van der Waals surface area contributed by atoms with E-state index >= 15 is 0 Å². The van der Waals surface area contributed by atoms with Crippen LogP contribution < -0.4 is 5.73 Å². The zero-order valence-electron chi connectivity index (χ0n) is 15.2. The van der Waals surface area contributed by atoms with Crippen molar-refractivity contribution < 1.29 is 61.2 Å². The van der Waals surface area contributed by atoms with Gasteiger partial charge in [0.2, 0.25) is 0 Å². The van der Waals surface area contributed by atoms with Crippen molar-refractivity contribution in [1.29, 1.82) is 0 Å². The van der Waals surface area contributed by atoms with Crippen LogP contribution in [0.5, 0.6) is 0 Å². The molecule has 1 aliphatic heterocycles. The average molecular weight is 541 g/mol. The molecule has 0 aliphatic carbocycles. The van der Waals surface area contributed by atoms with Gasteiger partial charge in [-0.15, -0.1) is 0 Å². The van der Waals surface area contributed by atoms with Gasteiger partial charge in [0.05, 0.1) is 12.9 Å². The van der Waals surface area contributed by atoms with Crippen molar-refractivity contribution in [2.45, 2.75) is 24.5 Å². The van der Waals surface area contributed by atoms with E-state index in [1.807, 2.05) is 0 Å². The Bertz CT molecular complexity index is 1160. The van der Waals surface area contributed by atoms with Crippen LogP contribution in [0.3, 0.4) is 0 Å². The molecule has 180 valence electrons. The molecule has 3 heterocycles. The number of anilines is 1. The van der Waals surface area contributed by atoms with Crippen LogP contribution in [0.2, 0.25) is 0 Å². The highest BCUT2D eigenvalue weighted by atomic mass is 32.5. The molecule has 0 bridgehead atoms. The summed E-state index contributed by atoms with van der Waals surface area (Å²) in [5.74, 6) is -0.289. The van der Waals surface area contributed by atoms with Crippen LogP contribution in [0, 0.1) is 6.08 Å². The SMILES string of the molecule is Nc1nc(F)nc2c1ncn2C1OC(COP(O)(=S)OP(=O)(O)OP(=O)(O)O)C(O)C1O. The molecule has 1 saturated heterocycles. The van der Waals surface area contributed by atoms with Gasteiger partial charge in [0.1, 0.15) is 18.3 Å². The number of nitrogens with two attached hydrogens (primary N) is 1. The summed E-state index contributed by atoms with van der Waals surface area (Å²) in [6.07, 6.45) is -6.25. The van der Waals surface area contributed by atoms with Crippen LogP contribution in [-0.2, 0) is 38.8 Å². The fourth-order valence-electron chi connectivity index (χ4n) is 2.66. The van der Waals surface area contributed by atoms with Gasteiger partial charge in [-0.05, 0) is 11.8 Å². The van der Waals surface area contributed by atoms with Crippen LogP contribution in [0.25, 0.3) is 11.2 Å². The number of hydrogen-bond donors (Lipinski definition) is 7. The van der Waals surface area contributed by atoms with E-state index in [0.717, 1.165) is 10.9 Å². The first-order valence-electron chi connectivity index (χ1n) is 8.04. The first-order chi connectivity index (χ1) is 14.6. The lowest BCUT2D eigenvalue weighted by Gasteiger charge is -2.21. The van der Waals surface area contributed by atoms with Gasteiger partial charge in [0.15, 0.2) is 23.2 Å². The minimum absolute atomic E-state index is 0.0144. The predicted molar refractivity (Wildman–Crippen MR) is 102 cm³/mol. The Morgan fingerprint density at radius 1 is 1.19 bits per heavy atom. The van der Waals surface area contributed by atoms with Gasteiger partial charge in [0, 0.05) is 0 Å². The van der Waals surface area contributed by atoms with Gasteiger partial charge in [0.25, 0.3) is 0 Å². The summed E-state index contributed by atoms with van der Waals surface area (Å²) in [4.78, 5) is 46.9.